The van der Waals surface area contributed by atoms with Gasteiger partial charge in [-0.2, -0.15) is 5.10 Å². The molecule has 40 heavy (non-hydrogen) atoms. The normalized spacial score (nSPS) is 16.4. The van der Waals surface area contributed by atoms with Crippen LogP contribution in [-0.2, 0) is 4.79 Å². The van der Waals surface area contributed by atoms with Gasteiger partial charge in [0.05, 0.1) is 31.4 Å². The Balaban J connectivity index is 1.18. The van der Waals surface area contributed by atoms with Crippen molar-refractivity contribution in [1.82, 2.24) is 20.2 Å². The molecule has 10 nitrogen and oxygen atoms in total. The van der Waals surface area contributed by atoms with Crippen LogP contribution in [0, 0.1) is 5.41 Å². The maximum absolute atomic E-state index is 13.8. The van der Waals surface area contributed by atoms with Crippen molar-refractivity contribution in [2.24, 2.45) is 5.41 Å². The van der Waals surface area contributed by atoms with Gasteiger partial charge in [-0.3, -0.25) is 14.7 Å². The van der Waals surface area contributed by atoms with E-state index in [9.17, 15) is 9.59 Å². The van der Waals surface area contributed by atoms with Gasteiger partial charge in [-0.05, 0) is 43.5 Å². The smallest absolute Gasteiger partial charge is 0.316 e. The summed E-state index contributed by atoms with van der Waals surface area (Å²) in [5, 5.41) is 6.86. The van der Waals surface area contributed by atoms with Crippen molar-refractivity contribution in [1.29, 1.82) is 0 Å². The van der Waals surface area contributed by atoms with Crippen molar-refractivity contribution in [3.63, 3.8) is 0 Å². The van der Waals surface area contributed by atoms with Crippen LogP contribution in [0.3, 0.4) is 0 Å². The minimum absolute atomic E-state index is 0.144. The first kappa shape index (κ1) is 25.5. The predicted molar refractivity (Wildman–Crippen MR) is 150 cm³/mol. The van der Waals surface area contributed by atoms with E-state index in [2.05, 4.69) is 25.1 Å². The second-order valence-electron chi connectivity index (χ2n) is 10.2. The lowest BCUT2D eigenvalue weighted by Gasteiger charge is -2.39. The van der Waals surface area contributed by atoms with Crippen molar-refractivity contribution in [3.05, 3.63) is 78.4 Å². The number of ether oxygens (including phenoxy) is 2. The number of carbonyl (C=O) groups is 2. The van der Waals surface area contributed by atoms with Gasteiger partial charge in [-0.25, -0.2) is 9.97 Å². The summed E-state index contributed by atoms with van der Waals surface area (Å²) in [5.41, 5.74) is 4.14. The fourth-order valence-electron chi connectivity index (χ4n) is 5.83. The fraction of sp³-hybridized carbons (Fsp3) is 0.300. The number of amides is 1. The van der Waals surface area contributed by atoms with Crippen molar-refractivity contribution >= 4 is 23.1 Å². The Kier molecular flexibility index (Phi) is 6.67. The lowest BCUT2D eigenvalue weighted by atomic mass is 9.77. The molecule has 4 heterocycles. The largest absolute Gasteiger partial charge is 0.496 e. The third-order valence-electron chi connectivity index (χ3n) is 8.10. The van der Waals surface area contributed by atoms with Gasteiger partial charge in [0.1, 0.15) is 5.75 Å². The van der Waals surface area contributed by atoms with Crippen LogP contribution < -0.4 is 19.3 Å². The third-order valence-corrected chi connectivity index (χ3v) is 8.10. The van der Waals surface area contributed by atoms with Crippen LogP contribution in [0.15, 0.2) is 67.3 Å². The summed E-state index contributed by atoms with van der Waals surface area (Å²) in [7, 11) is 3.12. The number of methoxy groups -OCH3 is 2. The average molecular weight is 539 g/mol. The van der Waals surface area contributed by atoms with Crippen LogP contribution in [0.25, 0.3) is 11.1 Å². The van der Waals surface area contributed by atoms with Gasteiger partial charge in [0.2, 0.25) is 5.91 Å². The first-order chi connectivity index (χ1) is 19.5. The fourth-order valence-corrected chi connectivity index (χ4v) is 5.83. The van der Waals surface area contributed by atoms with Gasteiger partial charge in [0, 0.05) is 72.4 Å². The zero-order valence-electron chi connectivity index (χ0n) is 22.5. The molecule has 2 saturated heterocycles. The highest BCUT2D eigenvalue weighted by Gasteiger charge is 2.48. The number of ketones is 1. The lowest BCUT2D eigenvalue weighted by molar-refractivity contribution is -0.126. The molecule has 2 fully saturated rings. The van der Waals surface area contributed by atoms with E-state index in [1.165, 1.54) is 19.5 Å². The van der Waals surface area contributed by atoms with Crippen LogP contribution in [0.5, 0.6) is 11.8 Å². The quantitative estimate of drug-likeness (QED) is 0.350. The molecule has 1 N–H and O–H groups in total. The SMILES string of the molecule is COc1ncc(C(=O)c2ccccc2N2CCC3(CC2)CCN(c2ccc(-c4cn[nH]c4)c(OC)c2)C3=O)cn1. The molecule has 2 aliphatic heterocycles. The molecule has 0 aliphatic carbocycles. The van der Waals surface area contributed by atoms with E-state index in [0.29, 0.717) is 36.5 Å². The minimum atomic E-state index is -0.407. The molecule has 0 bridgehead atoms. The zero-order chi connectivity index (χ0) is 27.7. The zero-order valence-corrected chi connectivity index (χ0v) is 22.5. The van der Waals surface area contributed by atoms with Gasteiger partial charge < -0.3 is 19.3 Å². The maximum Gasteiger partial charge on any atom is 0.316 e. The number of piperidine rings is 1. The molecule has 0 unspecified atom stereocenters. The van der Waals surface area contributed by atoms with Crippen LogP contribution in [0.2, 0.25) is 0 Å². The van der Waals surface area contributed by atoms with Crippen LogP contribution in [0.4, 0.5) is 11.4 Å². The van der Waals surface area contributed by atoms with E-state index in [1.807, 2.05) is 53.6 Å². The molecule has 204 valence electrons. The highest BCUT2D eigenvalue weighted by atomic mass is 16.5. The number of rotatable bonds is 7. The van der Waals surface area contributed by atoms with Gasteiger partial charge >= 0.3 is 6.01 Å². The number of hydrogen-bond donors (Lipinski definition) is 1. The molecule has 4 aromatic rings. The lowest BCUT2D eigenvalue weighted by Crippen LogP contribution is -2.45. The number of nitrogens with zero attached hydrogens (tertiary/aromatic N) is 5. The molecule has 2 aliphatic rings. The summed E-state index contributed by atoms with van der Waals surface area (Å²) in [6.07, 6.45) is 8.78. The molecular weight excluding hydrogens is 508 g/mol. The number of anilines is 2. The minimum Gasteiger partial charge on any atom is -0.496 e. The van der Waals surface area contributed by atoms with Gasteiger partial charge in [0.25, 0.3) is 0 Å². The molecular formula is C30H30N6O4. The molecule has 0 saturated carbocycles. The van der Waals surface area contributed by atoms with E-state index in [1.54, 1.807) is 13.3 Å². The molecule has 0 radical (unpaired) electrons. The van der Waals surface area contributed by atoms with Crippen LogP contribution in [0.1, 0.15) is 35.2 Å². The number of aromatic amines is 1. The van der Waals surface area contributed by atoms with Gasteiger partial charge in [-0.15, -0.1) is 0 Å². The molecule has 0 atom stereocenters. The summed E-state index contributed by atoms with van der Waals surface area (Å²) in [6.45, 7) is 2.04. The Morgan fingerprint density at radius 3 is 2.40 bits per heavy atom. The predicted octanol–water partition coefficient (Wildman–Crippen LogP) is 4.14. The highest BCUT2D eigenvalue weighted by Crippen LogP contribution is 2.45. The van der Waals surface area contributed by atoms with Gasteiger partial charge in [0.15, 0.2) is 5.78 Å². The number of nitrogens with one attached hydrogen (secondary N) is 1. The van der Waals surface area contributed by atoms with E-state index in [4.69, 9.17) is 9.47 Å². The monoisotopic (exact) mass is 538 g/mol. The first-order valence-electron chi connectivity index (χ1n) is 13.3. The Bertz CT molecular complexity index is 1530. The van der Waals surface area contributed by atoms with Crippen LogP contribution >= 0.6 is 0 Å². The Morgan fingerprint density at radius 1 is 0.950 bits per heavy atom. The number of hydrogen-bond acceptors (Lipinski definition) is 8. The number of H-pyrrole nitrogens is 1. The standard InChI is InChI=1S/C30H30N6O4/c1-39-26-15-22(7-8-23(26)20-18-33-34-19-20)36-14-11-30(28(36)38)9-12-35(13-10-30)25-6-4-3-5-24(25)27(37)21-16-31-29(40-2)32-17-21/h3-8,15-19H,9-14H2,1-2H3,(H,33,34). The van der Waals surface area contributed by atoms with E-state index in [0.717, 1.165) is 41.8 Å². The van der Waals surface area contributed by atoms with Gasteiger partial charge in [-0.1, -0.05) is 12.1 Å². The Labute approximate surface area is 232 Å². The number of aromatic nitrogens is 4. The van der Waals surface area contributed by atoms with Crippen molar-refractivity contribution < 1.29 is 19.1 Å². The van der Waals surface area contributed by atoms with E-state index < -0.39 is 5.41 Å². The molecule has 6 rings (SSSR count). The first-order valence-corrected chi connectivity index (χ1v) is 13.3. The number of para-hydroxylation sites is 1. The second-order valence-corrected chi connectivity index (χ2v) is 10.2. The molecule has 10 heteroatoms. The van der Waals surface area contributed by atoms with E-state index >= 15 is 0 Å². The summed E-state index contributed by atoms with van der Waals surface area (Å²) < 4.78 is 10.7. The van der Waals surface area contributed by atoms with E-state index in [-0.39, 0.29) is 17.7 Å². The van der Waals surface area contributed by atoms with Crippen molar-refractivity contribution in [2.45, 2.75) is 19.3 Å². The maximum atomic E-state index is 13.8. The topological polar surface area (TPSA) is 114 Å². The Hall–Kier alpha value is -4.73. The molecule has 1 amide bonds. The summed E-state index contributed by atoms with van der Waals surface area (Å²) in [5.74, 6) is 0.713. The number of carbonyl (C=O) groups excluding carboxylic acids is 2. The summed E-state index contributed by atoms with van der Waals surface area (Å²) in [6, 6.07) is 13.7. The average Bonchev–Trinajstić information content (AvgIpc) is 3.66. The summed E-state index contributed by atoms with van der Waals surface area (Å²) in [4.78, 5) is 39.4. The van der Waals surface area contributed by atoms with Crippen LogP contribution in [-0.4, -0.2) is 65.7 Å². The Morgan fingerprint density at radius 2 is 1.70 bits per heavy atom. The number of benzene rings is 2. The molecule has 2 aromatic heterocycles. The molecule has 1 spiro atoms. The third kappa shape index (κ3) is 4.45. The van der Waals surface area contributed by atoms with Crippen molar-refractivity contribution in [2.75, 3.05) is 43.7 Å². The summed E-state index contributed by atoms with van der Waals surface area (Å²) >= 11 is 0. The highest BCUT2D eigenvalue weighted by molar-refractivity contribution is 6.12. The molecule has 2 aromatic carbocycles. The van der Waals surface area contributed by atoms with Crippen molar-refractivity contribution in [3.8, 4) is 22.9 Å². The second kappa shape index (κ2) is 10.4.